The molecule has 0 fully saturated rings. The molecule has 1 unspecified atom stereocenters. The van der Waals surface area contributed by atoms with Crippen molar-refractivity contribution >= 4 is 0 Å². The third-order valence-corrected chi connectivity index (χ3v) is 3.35. The Labute approximate surface area is 113 Å². The van der Waals surface area contributed by atoms with Crippen molar-refractivity contribution in [2.75, 3.05) is 7.05 Å². The van der Waals surface area contributed by atoms with Gasteiger partial charge in [-0.15, -0.1) is 0 Å². The van der Waals surface area contributed by atoms with Gasteiger partial charge in [0.15, 0.2) is 0 Å². The first kappa shape index (κ1) is 13.7. The van der Waals surface area contributed by atoms with Gasteiger partial charge in [-0.2, -0.15) is 0 Å². The summed E-state index contributed by atoms with van der Waals surface area (Å²) in [7, 11) is 1.93. The minimum absolute atomic E-state index is 0.178. The molecule has 1 aromatic heterocycles. The molecule has 1 heterocycles. The summed E-state index contributed by atoms with van der Waals surface area (Å²) in [6.07, 6.45) is 5.46. The molecule has 0 spiro atoms. The second kappa shape index (κ2) is 6.48. The third-order valence-electron chi connectivity index (χ3n) is 3.35. The van der Waals surface area contributed by atoms with E-state index in [0.717, 1.165) is 30.8 Å². The average Bonchev–Trinajstić information content (AvgIpc) is 2.85. The van der Waals surface area contributed by atoms with Crippen LogP contribution in [0.3, 0.4) is 0 Å². The van der Waals surface area contributed by atoms with Crippen LogP contribution in [0.2, 0.25) is 0 Å². The Hall–Kier alpha value is -1.68. The van der Waals surface area contributed by atoms with Crippen LogP contribution in [0.15, 0.2) is 36.7 Å². The molecule has 1 aromatic carbocycles. The molecule has 0 aliphatic carbocycles. The van der Waals surface area contributed by atoms with Gasteiger partial charge in [0, 0.05) is 31.4 Å². The first-order valence-corrected chi connectivity index (χ1v) is 6.64. The Morgan fingerprint density at radius 2 is 2.21 bits per heavy atom. The van der Waals surface area contributed by atoms with Crippen LogP contribution in [0.4, 0.5) is 4.39 Å². The number of aromatic nitrogens is 2. The molecular weight excluding hydrogens is 241 g/mol. The molecule has 2 rings (SSSR count). The molecule has 0 aliphatic rings. The number of nitrogens with zero attached hydrogens (tertiary/aromatic N) is 2. The predicted molar refractivity (Wildman–Crippen MR) is 74.6 cm³/mol. The van der Waals surface area contributed by atoms with E-state index in [0.29, 0.717) is 0 Å². The number of aryl methyl sites for hydroxylation is 1. The number of likely N-dealkylation sites (N-methyl/N-ethyl adjacent to an activating group) is 1. The lowest BCUT2D eigenvalue weighted by Gasteiger charge is -2.16. The number of hydrogen-bond acceptors (Lipinski definition) is 2. The van der Waals surface area contributed by atoms with E-state index in [1.54, 1.807) is 12.1 Å². The molecule has 1 N–H and O–H groups in total. The monoisotopic (exact) mass is 261 g/mol. The van der Waals surface area contributed by atoms with E-state index < -0.39 is 0 Å². The molecule has 0 aliphatic heterocycles. The number of nitrogens with one attached hydrogen (secondary N) is 1. The minimum Gasteiger partial charge on any atom is -0.335 e. The van der Waals surface area contributed by atoms with Crippen molar-refractivity contribution in [3.63, 3.8) is 0 Å². The van der Waals surface area contributed by atoms with Gasteiger partial charge in [0.1, 0.15) is 11.6 Å². The van der Waals surface area contributed by atoms with Crippen molar-refractivity contribution in [3.05, 3.63) is 53.9 Å². The molecule has 0 bridgehead atoms. The van der Waals surface area contributed by atoms with Crippen LogP contribution in [0, 0.1) is 5.82 Å². The smallest absolute Gasteiger partial charge is 0.123 e. The molecule has 19 heavy (non-hydrogen) atoms. The van der Waals surface area contributed by atoms with Crippen molar-refractivity contribution in [1.82, 2.24) is 14.9 Å². The van der Waals surface area contributed by atoms with E-state index in [4.69, 9.17) is 0 Å². The van der Waals surface area contributed by atoms with Crippen molar-refractivity contribution in [2.45, 2.75) is 32.4 Å². The summed E-state index contributed by atoms with van der Waals surface area (Å²) >= 11 is 0. The Bertz CT molecular complexity index is 522. The SMILES string of the molecule is CCn1ccnc1CC(Cc1cccc(F)c1)NC. The fourth-order valence-corrected chi connectivity index (χ4v) is 2.26. The van der Waals surface area contributed by atoms with Crippen molar-refractivity contribution in [3.8, 4) is 0 Å². The fourth-order valence-electron chi connectivity index (χ4n) is 2.26. The molecule has 102 valence electrons. The van der Waals surface area contributed by atoms with Gasteiger partial charge in [-0.25, -0.2) is 9.37 Å². The second-order valence-corrected chi connectivity index (χ2v) is 4.65. The lowest BCUT2D eigenvalue weighted by atomic mass is 10.0. The maximum absolute atomic E-state index is 13.2. The van der Waals surface area contributed by atoms with Crippen molar-refractivity contribution < 1.29 is 4.39 Å². The summed E-state index contributed by atoms with van der Waals surface area (Å²) < 4.78 is 15.3. The maximum Gasteiger partial charge on any atom is 0.123 e. The van der Waals surface area contributed by atoms with E-state index in [1.165, 1.54) is 6.07 Å². The highest BCUT2D eigenvalue weighted by molar-refractivity contribution is 5.17. The lowest BCUT2D eigenvalue weighted by Crippen LogP contribution is -2.31. The Morgan fingerprint density at radius 1 is 1.37 bits per heavy atom. The van der Waals surface area contributed by atoms with E-state index >= 15 is 0 Å². The maximum atomic E-state index is 13.2. The standard InChI is InChI=1S/C15H20FN3/c1-3-19-8-7-18-15(19)11-14(17-2)10-12-5-4-6-13(16)9-12/h4-9,14,17H,3,10-11H2,1-2H3. The van der Waals surface area contributed by atoms with Crippen LogP contribution < -0.4 is 5.32 Å². The Balaban J connectivity index is 2.04. The summed E-state index contributed by atoms with van der Waals surface area (Å²) in [5.41, 5.74) is 1.01. The zero-order valence-corrected chi connectivity index (χ0v) is 11.4. The highest BCUT2D eigenvalue weighted by Gasteiger charge is 2.12. The third kappa shape index (κ3) is 3.64. The molecule has 1 atom stereocenters. The van der Waals surface area contributed by atoms with Crippen LogP contribution in [-0.4, -0.2) is 22.6 Å². The van der Waals surface area contributed by atoms with Crippen LogP contribution in [0.25, 0.3) is 0 Å². The van der Waals surface area contributed by atoms with Gasteiger partial charge in [0.05, 0.1) is 0 Å². The van der Waals surface area contributed by atoms with Gasteiger partial charge in [-0.1, -0.05) is 12.1 Å². The highest BCUT2D eigenvalue weighted by Crippen LogP contribution is 2.10. The number of benzene rings is 1. The van der Waals surface area contributed by atoms with Crippen molar-refractivity contribution in [1.29, 1.82) is 0 Å². The molecule has 0 saturated carbocycles. The van der Waals surface area contributed by atoms with E-state index in [2.05, 4.69) is 21.8 Å². The molecule has 4 heteroatoms. The van der Waals surface area contributed by atoms with E-state index in [9.17, 15) is 4.39 Å². The van der Waals surface area contributed by atoms with E-state index in [-0.39, 0.29) is 11.9 Å². The van der Waals surface area contributed by atoms with Crippen LogP contribution in [-0.2, 0) is 19.4 Å². The summed E-state index contributed by atoms with van der Waals surface area (Å²) in [5.74, 6) is 0.890. The zero-order valence-electron chi connectivity index (χ0n) is 11.4. The molecule has 2 aromatic rings. The van der Waals surface area contributed by atoms with Crippen LogP contribution in [0.5, 0.6) is 0 Å². The average molecular weight is 261 g/mol. The Morgan fingerprint density at radius 3 is 2.89 bits per heavy atom. The van der Waals surface area contributed by atoms with Crippen molar-refractivity contribution in [2.24, 2.45) is 0 Å². The van der Waals surface area contributed by atoms with Gasteiger partial charge in [0.2, 0.25) is 0 Å². The quantitative estimate of drug-likeness (QED) is 0.865. The predicted octanol–water partition coefficient (Wildman–Crippen LogP) is 2.42. The summed E-state index contributed by atoms with van der Waals surface area (Å²) in [4.78, 5) is 4.38. The number of halogens is 1. The largest absolute Gasteiger partial charge is 0.335 e. The molecule has 3 nitrogen and oxygen atoms in total. The van der Waals surface area contributed by atoms with Gasteiger partial charge < -0.3 is 9.88 Å². The second-order valence-electron chi connectivity index (χ2n) is 4.65. The first-order valence-electron chi connectivity index (χ1n) is 6.64. The summed E-state index contributed by atoms with van der Waals surface area (Å²) in [6.45, 7) is 3.03. The number of rotatable bonds is 6. The highest BCUT2D eigenvalue weighted by atomic mass is 19.1. The van der Waals surface area contributed by atoms with Crippen LogP contribution >= 0.6 is 0 Å². The van der Waals surface area contributed by atoms with Crippen LogP contribution in [0.1, 0.15) is 18.3 Å². The van der Waals surface area contributed by atoms with Gasteiger partial charge in [-0.3, -0.25) is 0 Å². The minimum atomic E-state index is -0.178. The van der Waals surface area contributed by atoms with E-state index in [1.807, 2.05) is 25.5 Å². The first-order chi connectivity index (χ1) is 9.22. The molecule has 0 saturated heterocycles. The lowest BCUT2D eigenvalue weighted by molar-refractivity contribution is 0.525. The normalized spacial score (nSPS) is 12.6. The van der Waals surface area contributed by atoms with Gasteiger partial charge in [0.25, 0.3) is 0 Å². The number of imidazole rings is 1. The molecular formula is C15H20FN3. The summed E-state index contributed by atoms with van der Waals surface area (Å²) in [5, 5.41) is 3.28. The molecule has 0 amide bonds. The zero-order chi connectivity index (χ0) is 13.7. The fraction of sp³-hybridized carbons (Fsp3) is 0.400. The number of hydrogen-bond donors (Lipinski definition) is 1. The topological polar surface area (TPSA) is 29.9 Å². The Kier molecular flexibility index (Phi) is 4.68. The van der Waals surface area contributed by atoms with Gasteiger partial charge in [-0.05, 0) is 38.1 Å². The van der Waals surface area contributed by atoms with Gasteiger partial charge >= 0.3 is 0 Å². The summed E-state index contributed by atoms with van der Waals surface area (Å²) in [6, 6.07) is 7.04. The molecule has 0 radical (unpaired) electrons.